The Morgan fingerprint density at radius 1 is 1.50 bits per heavy atom. The molecule has 0 aromatic carbocycles. The number of rotatable bonds is 5. The summed E-state index contributed by atoms with van der Waals surface area (Å²) in [5.41, 5.74) is 0.0451. The lowest BCUT2D eigenvalue weighted by Crippen LogP contribution is -2.11. The van der Waals surface area contributed by atoms with Gasteiger partial charge in [-0.15, -0.1) is 11.3 Å². The number of carbonyl (C=O) groups is 2. The van der Waals surface area contributed by atoms with Crippen molar-refractivity contribution in [1.29, 1.82) is 0 Å². The maximum Gasteiger partial charge on any atom is 0.360 e. The standard InChI is InChI=1S/C13H13NO5S/c1-8(12-14-10(7-18-12)13(16)17-2)19-11(15)6-9-4-3-5-20-9/h3-5,7-8H,6H2,1-2H3. The highest BCUT2D eigenvalue weighted by Gasteiger charge is 2.20. The van der Waals surface area contributed by atoms with Gasteiger partial charge < -0.3 is 13.9 Å². The molecule has 2 heterocycles. The number of aromatic nitrogens is 1. The van der Waals surface area contributed by atoms with Gasteiger partial charge in [0.15, 0.2) is 11.8 Å². The quantitative estimate of drug-likeness (QED) is 0.788. The first-order valence-corrected chi connectivity index (χ1v) is 6.73. The minimum atomic E-state index is -0.666. The summed E-state index contributed by atoms with van der Waals surface area (Å²) < 4.78 is 14.8. The minimum Gasteiger partial charge on any atom is -0.464 e. The smallest absolute Gasteiger partial charge is 0.360 e. The first-order chi connectivity index (χ1) is 9.60. The molecular weight excluding hydrogens is 282 g/mol. The molecule has 0 aliphatic rings. The molecule has 0 bridgehead atoms. The molecule has 1 unspecified atom stereocenters. The molecule has 1 atom stereocenters. The molecule has 0 saturated carbocycles. The number of nitrogens with zero attached hydrogens (tertiary/aromatic N) is 1. The Labute approximate surface area is 119 Å². The van der Waals surface area contributed by atoms with E-state index in [2.05, 4.69) is 9.72 Å². The van der Waals surface area contributed by atoms with Crippen molar-refractivity contribution >= 4 is 23.3 Å². The maximum absolute atomic E-state index is 11.7. The summed E-state index contributed by atoms with van der Waals surface area (Å²) in [6.45, 7) is 1.62. The predicted molar refractivity (Wildman–Crippen MR) is 70.4 cm³/mol. The van der Waals surface area contributed by atoms with Crippen molar-refractivity contribution in [2.45, 2.75) is 19.4 Å². The Hall–Kier alpha value is -2.15. The number of hydrogen-bond acceptors (Lipinski definition) is 7. The van der Waals surface area contributed by atoms with Crippen molar-refractivity contribution in [2.75, 3.05) is 7.11 Å². The van der Waals surface area contributed by atoms with Crippen LogP contribution in [0, 0.1) is 0 Å². The van der Waals surface area contributed by atoms with Crippen LogP contribution in [0.15, 0.2) is 28.2 Å². The average molecular weight is 295 g/mol. The summed E-state index contributed by atoms with van der Waals surface area (Å²) in [4.78, 5) is 27.8. The summed E-state index contributed by atoms with van der Waals surface area (Å²) >= 11 is 1.48. The van der Waals surface area contributed by atoms with Crippen LogP contribution in [-0.2, 0) is 20.7 Å². The SMILES string of the molecule is COC(=O)c1coc(C(C)OC(=O)Cc2cccs2)n1. The third-order valence-corrected chi connectivity index (χ3v) is 3.35. The summed E-state index contributed by atoms with van der Waals surface area (Å²) in [5.74, 6) is -0.820. The fourth-order valence-electron chi connectivity index (χ4n) is 1.52. The van der Waals surface area contributed by atoms with Crippen LogP contribution in [0.4, 0.5) is 0 Å². The van der Waals surface area contributed by atoms with Crippen LogP contribution in [0.25, 0.3) is 0 Å². The van der Waals surface area contributed by atoms with Crippen LogP contribution >= 0.6 is 11.3 Å². The Balaban J connectivity index is 1.94. The maximum atomic E-state index is 11.7. The van der Waals surface area contributed by atoms with Gasteiger partial charge in [0.2, 0.25) is 5.89 Å². The van der Waals surface area contributed by atoms with Gasteiger partial charge >= 0.3 is 11.9 Å². The molecular formula is C13H13NO5S. The Bertz CT molecular complexity index is 590. The number of methoxy groups -OCH3 is 1. The molecule has 106 valence electrons. The molecule has 0 radical (unpaired) electrons. The first-order valence-electron chi connectivity index (χ1n) is 5.85. The predicted octanol–water partition coefficient (Wildman–Crippen LogP) is 2.37. The Morgan fingerprint density at radius 2 is 2.30 bits per heavy atom. The van der Waals surface area contributed by atoms with E-state index in [0.717, 1.165) is 4.88 Å². The highest BCUT2D eigenvalue weighted by Crippen LogP contribution is 2.18. The lowest BCUT2D eigenvalue weighted by Gasteiger charge is -2.08. The molecule has 0 amide bonds. The van der Waals surface area contributed by atoms with Crippen LogP contribution in [0.3, 0.4) is 0 Å². The van der Waals surface area contributed by atoms with Gasteiger partial charge in [0.1, 0.15) is 6.26 Å². The molecule has 6 nitrogen and oxygen atoms in total. The summed E-state index contributed by atoms with van der Waals surface area (Å²) in [6.07, 6.45) is 0.707. The van der Waals surface area contributed by atoms with E-state index in [0.29, 0.717) is 0 Å². The summed E-state index contributed by atoms with van der Waals surface area (Å²) in [6, 6.07) is 3.73. The second kappa shape index (κ2) is 6.33. The number of oxazole rings is 1. The van der Waals surface area contributed by atoms with E-state index in [1.165, 1.54) is 24.7 Å². The minimum absolute atomic E-state index is 0.0451. The molecule has 0 aliphatic heterocycles. The number of thiophene rings is 1. The van der Waals surface area contributed by atoms with Gasteiger partial charge in [0.05, 0.1) is 13.5 Å². The Morgan fingerprint density at radius 3 is 2.95 bits per heavy atom. The van der Waals surface area contributed by atoms with Crippen LogP contribution < -0.4 is 0 Å². The van der Waals surface area contributed by atoms with Crippen molar-refractivity contribution < 1.29 is 23.5 Å². The molecule has 2 rings (SSSR count). The van der Waals surface area contributed by atoms with Gasteiger partial charge in [-0.1, -0.05) is 6.07 Å². The largest absolute Gasteiger partial charge is 0.464 e. The van der Waals surface area contributed by atoms with Crippen molar-refractivity contribution in [1.82, 2.24) is 4.98 Å². The molecule has 0 spiro atoms. The number of ether oxygens (including phenoxy) is 2. The van der Waals surface area contributed by atoms with E-state index in [1.54, 1.807) is 6.92 Å². The molecule has 0 fully saturated rings. The van der Waals surface area contributed by atoms with E-state index in [4.69, 9.17) is 9.15 Å². The van der Waals surface area contributed by atoms with Gasteiger partial charge in [0.25, 0.3) is 0 Å². The number of esters is 2. The first kappa shape index (κ1) is 14.3. The highest BCUT2D eigenvalue weighted by atomic mass is 32.1. The summed E-state index contributed by atoms with van der Waals surface area (Å²) in [7, 11) is 1.25. The second-order valence-electron chi connectivity index (χ2n) is 3.95. The molecule has 0 saturated heterocycles. The molecule has 20 heavy (non-hydrogen) atoms. The lowest BCUT2D eigenvalue weighted by atomic mass is 10.3. The van der Waals surface area contributed by atoms with Crippen LogP contribution in [0.5, 0.6) is 0 Å². The van der Waals surface area contributed by atoms with Gasteiger partial charge in [-0.3, -0.25) is 4.79 Å². The molecule has 0 aliphatic carbocycles. The van der Waals surface area contributed by atoms with Gasteiger partial charge in [-0.25, -0.2) is 9.78 Å². The van der Waals surface area contributed by atoms with Gasteiger partial charge in [-0.2, -0.15) is 0 Å². The molecule has 0 N–H and O–H groups in total. The third-order valence-electron chi connectivity index (χ3n) is 2.47. The van der Waals surface area contributed by atoms with Crippen molar-refractivity contribution in [3.05, 3.63) is 40.2 Å². The van der Waals surface area contributed by atoms with E-state index in [9.17, 15) is 9.59 Å². The van der Waals surface area contributed by atoms with E-state index >= 15 is 0 Å². The molecule has 2 aromatic heterocycles. The van der Waals surface area contributed by atoms with Gasteiger partial charge in [-0.05, 0) is 18.4 Å². The third kappa shape index (κ3) is 3.45. The van der Waals surface area contributed by atoms with Crippen molar-refractivity contribution in [3.63, 3.8) is 0 Å². The van der Waals surface area contributed by atoms with Gasteiger partial charge in [0, 0.05) is 4.88 Å². The highest BCUT2D eigenvalue weighted by molar-refractivity contribution is 7.10. The molecule has 2 aromatic rings. The topological polar surface area (TPSA) is 78.6 Å². The summed E-state index contributed by atoms with van der Waals surface area (Å²) in [5, 5.41) is 1.89. The van der Waals surface area contributed by atoms with Crippen LogP contribution in [-0.4, -0.2) is 24.0 Å². The van der Waals surface area contributed by atoms with Crippen molar-refractivity contribution in [3.8, 4) is 0 Å². The van der Waals surface area contributed by atoms with E-state index in [-0.39, 0.29) is 24.0 Å². The van der Waals surface area contributed by atoms with Crippen LogP contribution in [0.1, 0.15) is 34.3 Å². The zero-order chi connectivity index (χ0) is 14.5. The number of carbonyl (C=O) groups excluding carboxylic acids is 2. The normalized spacial score (nSPS) is 11.9. The second-order valence-corrected chi connectivity index (χ2v) is 4.98. The zero-order valence-corrected chi connectivity index (χ0v) is 11.8. The lowest BCUT2D eigenvalue weighted by molar-refractivity contribution is -0.148. The fourth-order valence-corrected chi connectivity index (χ4v) is 2.21. The number of hydrogen-bond donors (Lipinski definition) is 0. The van der Waals surface area contributed by atoms with Crippen molar-refractivity contribution in [2.24, 2.45) is 0 Å². The van der Waals surface area contributed by atoms with E-state index < -0.39 is 12.1 Å². The van der Waals surface area contributed by atoms with E-state index in [1.807, 2.05) is 17.5 Å². The fraction of sp³-hybridized carbons (Fsp3) is 0.308. The molecule has 7 heteroatoms. The zero-order valence-electron chi connectivity index (χ0n) is 11.0. The van der Waals surface area contributed by atoms with Crippen LogP contribution in [0.2, 0.25) is 0 Å². The Kier molecular flexibility index (Phi) is 4.52. The monoisotopic (exact) mass is 295 g/mol. The average Bonchev–Trinajstić information content (AvgIpc) is 3.08.